The van der Waals surface area contributed by atoms with Crippen molar-refractivity contribution in [2.45, 2.75) is 32.1 Å². The topological polar surface area (TPSA) is 25.2 Å². The van der Waals surface area contributed by atoms with Crippen LogP contribution in [0.4, 0.5) is 0 Å². The fourth-order valence-electron chi connectivity index (χ4n) is 2.08. The zero-order valence-electron chi connectivity index (χ0n) is 11.3. The van der Waals surface area contributed by atoms with Gasteiger partial charge in [0.05, 0.1) is 0 Å². The van der Waals surface area contributed by atoms with E-state index >= 15 is 0 Å². The first-order valence-corrected chi connectivity index (χ1v) is 7.71. The number of nitrogens with one attached hydrogen (secondary N) is 1. The Balaban J connectivity index is 1.97. The second-order valence-electron chi connectivity index (χ2n) is 4.64. The molecule has 0 amide bonds. The molecule has 0 saturated carbocycles. The van der Waals surface area contributed by atoms with Gasteiger partial charge in [-0.15, -0.1) is 0 Å². The van der Waals surface area contributed by atoms with Crippen molar-refractivity contribution in [2.75, 3.05) is 12.8 Å². The lowest BCUT2D eigenvalue weighted by molar-refractivity contribution is 0.563. The molecule has 1 atom stereocenters. The first-order valence-electron chi connectivity index (χ1n) is 6.43. The van der Waals surface area contributed by atoms with Crippen molar-refractivity contribution in [1.82, 2.24) is 5.32 Å². The fourth-order valence-corrected chi connectivity index (χ4v) is 2.43. The molecule has 0 saturated heterocycles. The molecule has 2 rings (SSSR count). The summed E-state index contributed by atoms with van der Waals surface area (Å²) in [6.07, 6.45) is 3.37. The van der Waals surface area contributed by atoms with Crippen LogP contribution in [0.2, 0.25) is 0 Å². The van der Waals surface area contributed by atoms with Gasteiger partial charge in [0, 0.05) is 22.7 Å². The van der Waals surface area contributed by atoms with Crippen molar-refractivity contribution in [1.29, 1.82) is 0 Å². The Morgan fingerprint density at radius 1 is 1.33 bits per heavy atom. The van der Waals surface area contributed by atoms with Crippen LogP contribution < -0.4 is 5.32 Å². The Bertz CT molecular complexity index is 506. The third-order valence-corrected chi connectivity index (χ3v) is 4.37. The smallest absolute Gasteiger partial charge is 0.134 e. The molecule has 1 unspecified atom stereocenters. The van der Waals surface area contributed by atoms with Crippen LogP contribution in [0.5, 0.6) is 0 Å². The molecule has 1 heterocycles. The fraction of sp³-hybridized carbons (Fsp3) is 0.467. The molecule has 0 bridgehead atoms. The molecule has 3 heteroatoms. The van der Waals surface area contributed by atoms with Gasteiger partial charge in [-0.25, -0.2) is 0 Å². The van der Waals surface area contributed by atoms with Crippen molar-refractivity contribution < 1.29 is 4.42 Å². The number of hydrogen-bond acceptors (Lipinski definition) is 3. The minimum atomic E-state index is 0.722. The molecule has 1 aromatic carbocycles. The standard InChI is InChI=1S/C15H21NOS/c1-11(18-3)8-9-16-10-14-12(2)17-15-7-5-4-6-13(14)15/h4-7,11,16H,8-10H2,1-3H3. The summed E-state index contributed by atoms with van der Waals surface area (Å²) in [7, 11) is 0. The van der Waals surface area contributed by atoms with Gasteiger partial charge in [0.2, 0.25) is 0 Å². The quantitative estimate of drug-likeness (QED) is 0.798. The van der Waals surface area contributed by atoms with Crippen molar-refractivity contribution in [3.8, 4) is 0 Å². The SMILES string of the molecule is CSC(C)CCNCc1c(C)oc2ccccc12. The third-order valence-electron chi connectivity index (χ3n) is 3.33. The Labute approximate surface area is 113 Å². The molecular weight excluding hydrogens is 242 g/mol. The molecule has 18 heavy (non-hydrogen) atoms. The van der Waals surface area contributed by atoms with Crippen LogP contribution in [-0.2, 0) is 6.54 Å². The minimum absolute atomic E-state index is 0.722. The Kier molecular flexibility index (Phi) is 4.72. The van der Waals surface area contributed by atoms with Crippen LogP contribution in [0.15, 0.2) is 28.7 Å². The predicted octanol–water partition coefficient (Wildman–Crippen LogP) is 3.97. The average Bonchev–Trinajstić information content (AvgIpc) is 2.70. The molecule has 0 aliphatic carbocycles. The summed E-state index contributed by atoms with van der Waals surface area (Å²) < 4.78 is 5.75. The maximum absolute atomic E-state index is 5.75. The van der Waals surface area contributed by atoms with E-state index in [9.17, 15) is 0 Å². The van der Waals surface area contributed by atoms with Gasteiger partial charge in [-0.05, 0) is 32.2 Å². The van der Waals surface area contributed by atoms with Crippen molar-refractivity contribution in [3.63, 3.8) is 0 Å². The zero-order chi connectivity index (χ0) is 13.0. The summed E-state index contributed by atoms with van der Waals surface area (Å²) in [5.41, 5.74) is 2.28. The van der Waals surface area contributed by atoms with Gasteiger partial charge in [-0.1, -0.05) is 25.1 Å². The van der Waals surface area contributed by atoms with Crippen molar-refractivity contribution in [2.24, 2.45) is 0 Å². The first kappa shape index (κ1) is 13.5. The van der Waals surface area contributed by atoms with Gasteiger partial charge in [0.1, 0.15) is 11.3 Å². The molecule has 0 spiro atoms. The maximum atomic E-state index is 5.75. The highest BCUT2D eigenvalue weighted by molar-refractivity contribution is 7.99. The summed E-state index contributed by atoms with van der Waals surface area (Å²) in [5, 5.41) is 5.47. The summed E-state index contributed by atoms with van der Waals surface area (Å²) in [4.78, 5) is 0. The van der Waals surface area contributed by atoms with Gasteiger partial charge in [-0.3, -0.25) is 0 Å². The monoisotopic (exact) mass is 263 g/mol. The van der Waals surface area contributed by atoms with E-state index in [2.05, 4.69) is 30.6 Å². The highest BCUT2D eigenvalue weighted by Gasteiger charge is 2.09. The van der Waals surface area contributed by atoms with E-state index in [4.69, 9.17) is 4.42 Å². The lowest BCUT2D eigenvalue weighted by Crippen LogP contribution is -2.17. The number of fused-ring (bicyclic) bond motifs is 1. The predicted molar refractivity (Wildman–Crippen MR) is 80.3 cm³/mol. The van der Waals surface area contributed by atoms with E-state index in [-0.39, 0.29) is 0 Å². The van der Waals surface area contributed by atoms with Crippen molar-refractivity contribution >= 4 is 22.7 Å². The first-order chi connectivity index (χ1) is 8.72. The number of rotatable bonds is 6. The molecule has 2 aromatic rings. The maximum Gasteiger partial charge on any atom is 0.134 e. The van der Waals surface area contributed by atoms with E-state index in [1.165, 1.54) is 17.4 Å². The van der Waals surface area contributed by atoms with Gasteiger partial charge in [0.15, 0.2) is 0 Å². The Hall–Kier alpha value is -0.930. The average molecular weight is 263 g/mol. The molecule has 98 valence electrons. The van der Waals surface area contributed by atoms with Crippen molar-refractivity contribution in [3.05, 3.63) is 35.6 Å². The minimum Gasteiger partial charge on any atom is -0.461 e. The number of para-hydroxylation sites is 1. The Morgan fingerprint density at radius 3 is 2.89 bits per heavy atom. The lowest BCUT2D eigenvalue weighted by atomic mass is 10.1. The lowest BCUT2D eigenvalue weighted by Gasteiger charge is -2.08. The van der Waals surface area contributed by atoms with E-state index in [0.29, 0.717) is 0 Å². The highest BCUT2D eigenvalue weighted by atomic mass is 32.2. The summed E-state index contributed by atoms with van der Waals surface area (Å²) in [6.45, 7) is 6.26. The van der Waals surface area contributed by atoms with Crippen LogP contribution in [0.1, 0.15) is 24.7 Å². The van der Waals surface area contributed by atoms with E-state index in [0.717, 1.165) is 29.7 Å². The van der Waals surface area contributed by atoms with E-state index < -0.39 is 0 Å². The van der Waals surface area contributed by atoms with Crippen LogP contribution >= 0.6 is 11.8 Å². The van der Waals surface area contributed by atoms with Gasteiger partial charge in [-0.2, -0.15) is 11.8 Å². The van der Waals surface area contributed by atoms with Gasteiger partial charge in [0.25, 0.3) is 0 Å². The Morgan fingerprint density at radius 2 is 2.11 bits per heavy atom. The normalized spacial score (nSPS) is 13.1. The summed E-state index contributed by atoms with van der Waals surface area (Å²) in [6, 6.07) is 8.24. The number of benzene rings is 1. The zero-order valence-corrected chi connectivity index (χ0v) is 12.1. The summed E-state index contributed by atoms with van der Waals surface area (Å²) in [5.74, 6) is 1.03. The summed E-state index contributed by atoms with van der Waals surface area (Å²) >= 11 is 1.92. The van der Waals surface area contributed by atoms with Crippen LogP contribution in [0.25, 0.3) is 11.0 Å². The molecule has 0 radical (unpaired) electrons. The number of thioether (sulfide) groups is 1. The van der Waals surface area contributed by atoms with E-state index in [1.807, 2.05) is 30.8 Å². The molecule has 1 N–H and O–H groups in total. The van der Waals surface area contributed by atoms with E-state index in [1.54, 1.807) is 0 Å². The van der Waals surface area contributed by atoms with Crippen LogP contribution in [-0.4, -0.2) is 18.1 Å². The number of aryl methyl sites for hydroxylation is 1. The largest absolute Gasteiger partial charge is 0.461 e. The molecular formula is C15H21NOS. The number of furan rings is 1. The molecule has 0 aliphatic heterocycles. The highest BCUT2D eigenvalue weighted by Crippen LogP contribution is 2.24. The molecule has 0 aliphatic rings. The van der Waals surface area contributed by atoms with Gasteiger partial charge >= 0.3 is 0 Å². The molecule has 0 fully saturated rings. The molecule has 1 aromatic heterocycles. The van der Waals surface area contributed by atoms with Crippen LogP contribution in [0, 0.1) is 6.92 Å². The second-order valence-corrected chi connectivity index (χ2v) is 5.92. The van der Waals surface area contributed by atoms with Gasteiger partial charge < -0.3 is 9.73 Å². The van der Waals surface area contributed by atoms with Crippen LogP contribution in [0.3, 0.4) is 0 Å². The third kappa shape index (κ3) is 3.09. The molecule has 2 nitrogen and oxygen atoms in total. The second kappa shape index (κ2) is 6.30. The number of hydrogen-bond donors (Lipinski definition) is 1.